The van der Waals surface area contributed by atoms with Gasteiger partial charge in [-0.05, 0) is 25.8 Å². The van der Waals surface area contributed by atoms with E-state index in [1.807, 2.05) is 0 Å². The molecule has 0 saturated carbocycles. The van der Waals surface area contributed by atoms with E-state index in [4.69, 9.17) is 4.74 Å². The van der Waals surface area contributed by atoms with Crippen LogP contribution in [-0.4, -0.2) is 31.0 Å². The number of aliphatic hydroxyl groups is 1. The monoisotopic (exact) mass is 293 g/mol. The molecule has 0 bridgehead atoms. The van der Waals surface area contributed by atoms with E-state index in [1.54, 1.807) is 0 Å². The van der Waals surface area contributed by atoms with E-state index in [0.717, 1.165) is 13.0 Å². The van der Waals surface area contributed by atoms with E-state index in [9.17, 15) is 5.11 Å². The van der Waals surface area contributed by atoms with Crippen LogP contribution in [0.15, 0.2) is 24.3 Å². The van der Waals surface area contributed by atoms with Crippen molar-refractivity contribution in [1.82, 2.24) is 5.32 Å². The largest absolute Gasteiger partial charge is 0.389 e. The number of ether oxygens (including phenoxy) is 1. The van der Waals surface area contributed by atoms with Gasteiger partial charge in [0, 0.05) is 19.2 Å². The second-order valence-corrected chi connectivity index (χ2v) is 5.83. The maximum atomic E-state index is 9.90. The van der Waals surface area contributed by atoms with Crippen LogP contribution in [0.2, 0.25) is 0 Å². The Labute approximate surface area is 129 Å². The van der Waals surface area contributed by atoms with Crippen LogP contribution in [0.3, 0.4) is 0 Å². The minimum Gasteiger partial charge on any atom is -0.389 e. The predicted molar refractivity (Wildman–Crippen MR) is 88.6 cm³/mol. The Hall–Kier alpha value is -0.900. The maximum Gasteiger partial charge on any atom is 0.0897 e. The highest BCUT2D eigenvalue weighted by atomic mass is 16.5. The molecule has 0 radical (unpaired) electrons. The van der Waals surface area contributed by atoms with Gasteiger partial charge in [0.2, 0.25) is 0 Å². The van der Waals surface area contributed by atoms with Gasteiger partial charge in [0.25, 0.3) is 0 Å². The summed E-state index contributed by atoms with van der Waals surface area (Å²) in [6, 6.07) is 8.73. The molecule has 0 aliphatic carbocycles. The Morgan fingerprint density at radius 2 is 1.86 bits per heavy atom. The van der Waals surface area contributed by atoms with Crippen molar-refractivity contribution in [1.29, 1.82) is 0 Å². The van der Waals surface area contributed by atoms with Gasteiger partial charge in [-0.3, -0.25) is 0 Å². The molecule has 0 fully saturated rings. The summed E-state index contributed by atoms with van der Waals surface area (Å²) >= 11 is 0. The van der Waals surface area contributed by atoms with Crippen molar-refractivity contribution < 1.29 is 9.84 Å². The first-order valence-electron chi connectivity index (χ1n) is 8.19. The molecule has 1 rings (SSSR count). The van der Waals surface area contributed by atoms with Gasteiger partial charge < -0.3 is 15.2 Å². The SMILES string of the molecule is CCCCCCOCC(O)CN[C@@H](C)c1ccc(C)cc1. The lowest BCUT2D eigenvalue weighted by Gasteiger charge is -2.18. The fourth-order valence-corrected chi connectivity index (χ4v) is 2.19. The van der Waals surface area contributed by atoms with Gasteiger partial charge in [-0.15, -0.1) is 0 Å². The highest BCUT2D eigenvalue weighted by Gasteiger charge is 2.08. The van der Waals surface area contributed by atoms with Gasteiger partial charge in [0.15, 0.2) is 0 Å². The van der Waals surface area contributed by atoms with Crippen molar-refractivity contribution in [3.05, 3.63) is 35.4 Å². The highest BCUT2D eigenvalue weighted by Crippen LogP contribution is 2.12. The number of unbranched alkanes of at least 4 members (excludes halogenated alkanes) is 3. The van der Waals surface area contributed by atoms with Crippen molar-refractivity contribution in [2.75, 3.05) is 19.8 Å². The first kappa shape index (κ1) is 18.1. The number of benzene rings is 1. The summed E-state index contributed by atoms with van der Waals surface area (Å²) in [7, 11) is 0. The first-order chi connectivity index (χ1) is 10.1. The van der Waals surface area contributed by atoms with Gasteiger partial charge in [-0.1, -0.05) is 56.0 Å². The molecular formula is C18H31NO2. The Kier molecular flexibility index (Phi) is 9.31. The third-order valence-electron chi connectivity index (χ3n) is 3.69. The molecule has 120 valence electrons. The Morgan fingerprint density at radius 3 is 2.52 bits per heavy atom. The molecule has 3 heteroatoms. The summed E-state index contributed by atoms with van der Waals surface area (Å²) in [5, 5.41) is 13.3. The zero-order valence-electron chi connectivity index (χ0n) is 13.8. The minimum atomic E-state index is -0.441. The van der Waals surface area contributed by atoms with Crippen LogP contribution in [0.4, 0.5) is 0 Å². The molecule has 2 N–H and O–H groups in total. The summed E-state index contributed by atoms with van der Waals surface area (Å²) in [5.41, 5.74) is 2.51. The van der Waals surface area contributed by atoms with Gasteiger partial charge in [-0.25, -0.2) is 0 Å². The molecule has 21 heavy (non-hydrogen) atoms. The summed E-state index contributed by atoms with van der Waals surface area (Å²) in [6.07, 6.45) is 4.37. The molecule has 0 aromatic heterocycles. The fraction of sp³-hybridized carbons (Fsp3) is 0.667. The van der Waals surface area contributed by atoms with Gasteiger partial charge in [0.05, 0.1) is 12.7 Å². The van der Waals surface area contributed by atoms with E-state index in [-0.39, 0.29) is 6.04 Å². The topological polar surface area (TPSA) is 41.5 Å². The summed E-state index contributed by atoms with van der Waals surface area (Å²) < 4.78 is 5.51. The molecule has 2 atom stereocenters. The molecule has 0 spiro atoms. The van der Waals surface area contributed by atoms with E-state index < -0.39 is 6.10 Å². The number of rotatable bonds is 11. The molecule has 0 aliphatic heterocycles. The molecule has 1 aromatic carbocycles. The Balaban J connectivity index is 2.11. The van der Waals surface area contributed by atoms with Gasteiger partial charge in [-0.2, -0.15) is 0 Å². The second-order valence-electron chi connectivity index (χ2n) is 5.83. The third-order valence-corrected chi connectivity index (χ3v) is 3.69. The second kappa shape index (κ2) is 10.8. The molecule has 1 unspecified atom stereocenters. The van der Waals surface area contributed by atoms with Crippen LogP contribution >= 0.6 is 0 Å². The van der Waals surface area contributed by atoms with E-state index >= 15 is 0 Å². The molecule has 3 nitrogen and oxygen atoms in total. The van der Waals surface area contributed by atoms with Crippen LogP contribution in [0.1, 0.15) is 56.7 Å². The molecular weight excluding hydrogens is 262 g/mol. The van der Waals surface area contributed by atoms with Crippen molar-refractivity contribution in [3.63, 3.8) is 0 Å². The van der Waals surface area contributed by atoms with Crippen LogP contribution in [0.5, 0.6) is 0 Å². The zero-order valence-corrected chi connectivity index (χ0v) is 13.8. The van der Waals surface area contributed by atoms with E-state index in [2.05, 4.69) is 50.4 Å². The molecule has 0 amide bonds. The van der Waals surface area contributed by atoms with Gasteiger partial charge in [0.1, 0.15) is 0 Å². The number of aryl methyl sites for hydroxylation is 1. The molecule has 0 aliphatic rings. The van der Waals surface area contributed by atoms with E-state index in [0.29, 0.717) is 13.2 Å². The van der Waals surface area contributed by atoms with Crippen molar-refractivity contribution in [3.8, 4) is 0 Å². The quantitative estimate of drug-likeness (QED) is 0.613. The molecule has 0 heterocycles. The standard InChI is InChI=1S/C18H31NO2/c1-4-5-6-7-12-21-14-18(20)13-19-16(3)17-10-8-15(2)9-11-17/h8-11,16,18-20H,4-7,12-14H2,1-3H3/t16-,18?/m0/s1. The minimum absolute atomic E-state index is 0.241. The smallest absolute Gasteiger partial charge is 0.0897 e. The van der Waals surface area contributed by atoms with Crippen molar-refractivity contribution in [2.45, 2.75) is 58.6 Å². The Bertz CT molecular complexity index is 364. The van der Waals surface area contributed by atoms with Crippen LogP contribution < -0.4 is 5.32 Å². The number of hydrogen-bond donors (Lipinski definition) is 2. The lowest BCUT2D eigenvalue weighted by Crippen LogP contribution is -2.32. The fourth-order valence-electron chi connectivity index (χ4n) is 2.19. The first-order valence-corrected chi connectivity index (χ1v) is 8.19. The van der Waals surface area contributed by atoms with Crippen LogP contribution in [0.25, 0.3) is 0 Å². The third kappa shape index (κ3) is 8.20. The maximum absolute atomic E-state index is 9.90. The lowest BCUT2D eigenvalue weighted by atomic mass is 10.1. The molecule has 0 saturated heterocycles. The summed E-state index contributed by atoms with van der Waals surface area (Å²) in [4.78, 5) is 0. The summed E-state index contributed by atoms with van der Waals surface area (Å²) in [5.74, 6) is 0. The van der Waals surface area contributed by atoms with Crippen LogP contribution in [-0.2, 0) is 4.74 Å². The summed E-state index contributed by atoms with van der Waals surface area (Å²) in [6.45, 7) is 8.13. The van der Waals surface area contributed by atoms with Gasteiger partial charge >= 0.3 is 0 Å². The highest BCUT2D eigenvalue weighted by molar-refractivity contribution is 5.23. The molecule has 1 aromatic rings. The van der Waals surface area contributed by atoms with Crippen LogP contribution in [0, 0.1) is 6.92 Å². The average molecular weight is 293 g/mol. The van der Waals surface area contributed by atoms with Crippen molar-refractivity contribution >= 4 is 0 Å². The zero-order chi connectivity index (χ0) is 15.5. The average Bonchev–Trinajstić information content (AvgIpc) is 2.49. The number of aliphatic hydroxyl groups excluding tert-OH is 1. The number of hydrogen-bond acceptors (Lipinski definition) is 3. The lowest BCUT2D eigenvalue weighted by molar-refractivity contribution is 0.0343. The predicted octanol–water partition coefficient (Wildman–Crippen LogP) is 3.60. The normalized spacial score (nSPS) is 14.1. The Morgan fingerprint density at radius 1 is 1.14 bits per heavy atom. The van der Waals surface area contributed by atoms with Crippen molar-refractivity contribution in [2.24, 2.45) is 0 Å². The van der Waals surface area contributed by atoms with E-state index in [1.165, 1.54) is 30.4 Å². The number of nitrogens with one attached hydrogen (secondary N) is 1.